The summed E-state index contributed by atoms with van der Waals surface area (Å²) in [5.41, 5.74) is 2.35. The third-order valence-electron chi connectivity index (χ3n) is 5.44. The second-order valence-corrected chi connectivity index (χ2v) is 9.29. The quantitative estimate of drug-likeness (QED) is 0.460. The van der Waals surface area contributed by atoms with Crippen LogP contribution in [0.2, 0.25) is 0 Å². The van der Waals surface area contributed by atoms with E-state index >= 15 is 0 Å². The van der Waals surface area contributed by atoms with Crippen LogP contribution in [0, 0.1) is 17.0 Å². The summed E-state index contributed by atoms with van der Waals surface area (Å²) in [6, 6.07) is 14.0. The van der Waals surface area contributed by atoms with Crippen LogP contribution in [0.3, 0.4) is 0 Å². The highest BCUT2D eigenvalue weighted by atomic mass is 32.2. The Bertz CT molecular complexity index is 1200. The van der Waals surface area contributed by atoms with Crippen LogP contribution in [0.25, 0.3) is 10.9 Å². The molecule has 3 aromatic rings. The summed E-state index contributed by atoms with van der Waals surface area (Å²) in [7, 11) is -3.79. The molecule has 1 aromatic heterocycles. The van der Waals surface area contributed by atoms with Gasteiger partial charge < -0.3 is 0 Å². The number of hydrogen-bond donors (Lipinski definition) is 0. The van der Waals surface area contributed by atoms with E-state index in [1.165, 1.54) is 16.4 Å². The topological polar surface area (TPSA) is 96.6 Å². The zero-order valence-electron chi connectivity index (χ0n) is 16.6. The zero-order chi connectivity index (χ0) is 21.3. The van der Waals surface area contributed by atoms with Gasteiger partial charge in [0.2, 0.25) is 10.0 Å². The number of non-ortho nitro benzene ring substituents is 1. The third-order valence-corrected chi connectivity index (χ3v) is 7.48. The Morgan fingerprint density at radius 3 is 2.53 bits per heavy atom. The van der Waals surface area contributed by atoms with Gasteiger partial charge in [0.05, 0.1) is 15.3 Å². The van der Waals surface area contributed by atoms with Gasteiger partial charge in [-0.1, -0.05) is 30.3 Å². The molecule has 0 saturated carbocycles. The standard InChI is InChI=1S/C21H22N4O4S/c1-16-7-8-19(25(26)27)14-20(16)30(28,29)24-12-10-23(11-13-24)15-18-5-2-4-17-6-3-9-22-21(17)18/h2-9,14H,10-13,15H2,1H3. The van der Waals surface area contributed by atoms with E-state index in [9.17, 15) is 18.5 Å². The van der Waals surface area contributed by atoms with E-state index in [-0.39, 0.29) is 10.6 Å². The minimum atomic E-state index is -3.79. The van der Waals surface area contributed by atoms with Crippen LogP contribution >= 0.6 is 0 Å². The SMILES string of the molecule is Cc1ccc([N+](=O)[O-])cc1S(=O)(=O)N1CCN(Cc2cccc3cccnc23)CC1. The van der Waals surface area contributed by atoms with Crippen molar-refractivity contribution in [1.29, 1.82) is 0 Å². The largest absolute Gasteiger partial charge is 0.296 e. The predicted octanol–water partition coefficient (Wildman–Crippen LogP) is 2.96. The number of nitro groups is 1. The first-order valence-electron chi connectivity index (χ1n) is 9.66. The van der Waals surface area contributed by atoms with E-state index in [1.807, 2.05) is 30.3 Å². The monoisotopic (exact) mass is 426 g/mol. The minimum Gasteiger partial charge on any atom is -0.296 e. The average Bonchev–Trinajstić information content (AvgIpc) is 2.74. The predicted molar refractivity (Wildman–Crippen MR) is 114 cm³/mol. The van der Waals surface area contributed by atoms with Crippen molar-refractivity contribution in [2.45, 2.75) is 18.4 Å². The van der Waals surface area contributed by atoms with E-state index < -0.39 is 14.9 Å². The van der Waals surface area contributed by atoms with Gasteiger partial charge in [0, 0.05) is 56.4 Å². The highest BCUT2D eigenvalue weighted by Crippen LogP contribution is 2.26. The number of aromatic nitrogens is 1. The number of sulfonamides is 1. The number of nitro benzene ring substituents is 1. The van der Waals surface area contributed by atoms with E-state index in [0.29, 0.717) is 38.3 Å². The maximum Gasteiger partial charge on any atom is 0.270 e. The number of rotatable bonds is 5. The second kappa shape index (κ2) is 8.10. The number of aryl methyl sites for hydroxylation is 1. The molecule has 1 aliphatic heterocycles. The minimum absolute atomic E-state index is 0.00315. The third kappa shape index (κ3) is 3.91. The number of piperazine rings is 1. The van der Waals surface area contributed by atoms with Gasteiger partial charge in [-0.15, -0.1) is 0 Å². The molecule has 9 heteroatoms. The van der Waals surface area contributed by atoms with E-state index in [1.54, 1.807) is 13.1 Å². The van der Waals surface area contributed by atoms with E-state index in [4.69, 9.17) is 0 Å². The van der Waals surface area contributed by atoms with Gasteiger partial charge in [-0.2, -0.15) is 4.31 Å². The summed E-state index contributed by atoms with van der Waals surface area (Å²) >= 11 is 0. The average molecular weight is 426 g/mol. The molecule has 2 aromatic carbocycles. The van der Waals surface area contributed by atoms with Crippen molar-refractivity contribution in [3.05, 3.63) is 76.0 Å². The molecule has 0 spiro atoms. The molecule has 156 valence electrons. The molecule has 2 heterocycles. The molecule has 1 fully saturated rings. The Morgan fingerprint density at radius 2 is 1.80 bits per heavy atom. The lowest BCUT2D eigenvalue weighted by Crippen LogP contribution is -2.48. The molecular formula is C21H22N4O4S. The summed E-state index contributed by atoms with van der Waals surface area (Å²) in [5, 5.41) is 12.1. The first-order chi connectivity index (χ1) is 14.4. The lowest BCUT2D eigenvalue weighted by atomic mass is 10.1. The molecule has 1 aliphatic rings. The highest BCUT2D eigenvalue weighted by molar-refractivity contribution is 7.89. The maximum atomic E-state index is 13.1. The van der Waals surface area contributed by atoms with Gasteiger partial charge in [0.25, 0.3) is 5.69 Å². The summed E-state index contributed by atoms with van der Waals surface area (Å²) in [6.45, 7) is 4.18. The number of hydrogen-bond acceptors (Lipinski definition) is 6. The first kappa shape index (κ1) is 20.4. The Kier molecular flexibility index (Phi) is 5.50. The molecule has 0 unspecified atom stereocenters. The van der Waals surface area contributed by atoms with Gasteiger partial charge in [0.1, 0.15) is 0 Å². The lowest BCUT2D eigenvalue weighted by molar-refractivity contribution is -0.385. The molecule has 0 amide bonds. The number of fused-ring (bicyclic) bond motifs is 1. The van der Waals surface area contributed by atoms with Crippen LogP contribution in [0.4, 0.5) is 5.69 Å². The zero-order valence-corrected chi connectivity index (χ0v) is 17.4. The van der Waals surface area contributed by atoms with Crippen molar-refractivity contribution in [1.82, 2.24) is 14.2 Å². The fourth-order valence-electron chi connectivity index (χ4n) is 3.78. The normalized spacial score (nSPS) is 16.0. The van der Waals surface area contributed by atoms with Crippen molar-refractivity contribution in [3.63, 3.8) is 0 Å². The summed E-state index contributed by atoms with van der Waals surface area (Å²) < 4.78 is 27.6. The molecule has 0 aliphatic carbocycles. The van der Waals surface area contributed by atoms with Crippen LogP contribution < -0.4 is 0 Å². The molecule has 8 nitrogen and oxygen atoms in total. The fraction of sp³-hybridized carbons (Fsp3) is 0.286. The maximum absolute atomic E-state index is 13.1. The smallest absolute Gasteiger partial charge is 0.270 e. The molecule has 0 radical (unpaired) electrons. The van der Waals surface area contributed by atoms with Crippen LogP contribution in [0.15, 0.2) is 59.6 Å². The van der Waals surface area contributed by atoms with Crippen molar-refractivity contribution in [2.24, 2.45) is 0 Å². The van der Waals surface area contributed by atoms with Gasteiger partial charge in [0.15, 0.2) is 0 Å². The van der Waals surface area contributed by atoms with Crippen LogP contribution in [-0.4, -0.2) is 53.7 Å². The molecule has 4 rings (SSSR count). The molecular weight excluding hydrogens is 404 g/mol. The number of benzene rings is 2. The van der Waals surface area contributed by atoms with Gasteiger partial charge >= 0.3 is 0 Å². The molecule has 0 atom stereocenters. The van der Waals surface area contributed by atoms with E-state index in [0.717, 1.165) is 22.5 Å². The second-order valence-electron chi connectivity index (χ2n) is 7.38. The van der Waals surface area contributed by atoms with Crippen molar-refractivity contribution < 1.29 is 13.3 Å². The Labute approximate surface area is 175 Å². The Balaban J connectivity index is 1.49. The van der Waals surface area contributed by atoms with Crippen LogP contribution in [-0.2, 0) is 16.6 Å². The van der Waals surface area contributed by atoms with Crippen molar-refractivity contribution >= 4 is 26.6 Å². The van der Waals surface area contributed by atoms with Gasteiger partial charge in [-0.3, -0.25) is 20.0 Å². The van der Waals surface area contributed by atoms with Crippen LogP contribution in [0.5, 0.6) is 0 Å². The highest BCUT2D eigenvalue weighted by Gasteiger charge is 2.31. The number of nitrogens with zero attached hydrogens (tertiary/aromatic N) is 4. The van der Waals surface area contributed by atoms with Crippen molar-refractivity contribution in [3.8, 4) is 0 Å². The molecule has 0 N–H and O–H groups in total. The van der Waals surface area contributed by atoms with Gasteiger partial charge in [-0.05, 0) is 24.1 Å². The molecule has 0 bridgehead atoms. The van der Waals surface area contributed by atoms with E-state index in [2.05, 4.69) is 9.88 Å². The lowest BCUT2D eigenvalue weighted by Gasteiger charge is -2.34. The number of pyridine rings is 1. The summed E-state index contributed by atoms with van der Waals surface area (Å²) in [6.07, 6.45) is 1.78. The Morgan fingerprint density at radius 1 is 1.07 bits per heavy atom. The first-order valence-corrected chi connectivity index (χ1v) is 11.1. The molecule has 1 saturated heterocycles. The Hall–Kier alpha value is -2.88. The van der Waals surface area contributed by atoms with Crippen molar-refractivity contribution in [2.75, 3.05) is 26.2 Å². The molecule has 30 heavy (non-hydrogen) atoms. The van der Waals surface area contributed by atoms with Crippen LogP contribution in [0.1, 0.15) is 11.1 Å². The van der Waals surface area contributed by atoms with Gasteiger partial charge in [-0.25, -0.2) is 8.42 Å². The fourth-order valence-corrected chi connectivity index (χ4v) is 5.45. The summed E-state index contributed by atoms with van der Waals surface area (Å²) in [5.74, 6) is 0. The number of para-hydroxylation sites is 1. The summed E-state index contributed by atoms with van der Waals surface area (Å²) in [4.78, 5) is 17.2.